The third-order valence-corrected chi connectivity index (χ3v) is 15.7. The molecule has 0 aromatic carbocycles. The van der Waals surface area contributed by atoms with Gasteiger partial charge >= 0.3 is 13.8 Å². The first-order chi connectivity index (χ1) is 39.5. The number of nitrogens with two attached hydrogens (primary N) is 1. The molecule has 40 nitrogen and oxygen atoms in total. The van der Waals surface area contributed by atoms with Gasteiger partial charge < -0.3 is 180 Å². The molecule has 26 N–H and O–H groups in total. The molecule has 0 saturated carbocycles. The smallest absolute Gasteiger partial charge is 0.472 e. The molecule has 6 heterocycles. The summed E-state index contributed by atoms with van der Waals surface area (Å²) in [5.74, 6) is -5.70. The maximum atomic E-state index is 13.2. The molecule has 6 aliphatic heterocycles. The second-order valence-electron chi connectivity index (χ2n) is 20.4. The second-order valence-corrected chi connectivity index (χ2v) is 21.8. The first-order valence-corrected chi connectivity index (χ1v) is 27.4. The van der Waals surface area contributed by atoms with Crippen LogP contribution in [0.5, 0.6) is 0 Å². The molecule has 0 bridgehead atoms. The van der Waals surface area contributed by atoms with Gasteiger partial charge in [0.25, 0.3) is 5.79 Å². The summed E-state index contributed by atoms with van der Waals surface area (Å²) >= 11 is 0. The standard InChI is InChI=1S/C43H76NO39P/c44-1-2-71-84(69,70)83-14-3-43(68,42(66)67)82-31(13(54)7-48)33(14)78-40-27(65)34(79-41-35(22(60)21(59)29(75-41)11(52)5-46)80-39-25(63)19(57)20(58)28(74-39)10(51)4-45)36(30(76-40)12(53)6-47)81-38-26(64)23(61)32(16(9-50)73-38)77-37-24(62)18(56)17(55)15(8-49)72-37/h10-41,45-65,68H,1-9,44H2,(H,66,67)(H,69,70)/t10-,11-,12-,13+,14+,15+,16+,17-,18-,19-,20-,21-,22-,23+,24+,25-,26+,27-,28+,29+,30+,31+,32+,33+,34+,35-,36+,37-,38-,39+,40+,41+,43+/m0/s1. The van der Waals surface area contributed by atoms with Crippen LogP contribution in [-0.2, 0) is 70.5 Å². The highest BCUT2D eigenvalue weighted by atomic mass is 31.2. The maximum Gasteiger partial charge on any atom is 0.472 e. The minimum Gasteiger partial charge on any atom is -0.477 e. The molecule has 1 unspecified atom stereocenters. The van der Waals surface area contributed by atoms with Crippen molar-refractivity contribution in [2.24, 2.45) is 5.73 Å². The monoisotopic (exact) mass is 1260 g/mol. The van der Waals surface area contributed by atoms with Crippen molar-refractivity contribution >= 4 is 13.8 Å². The third kappa shape index (κ3) is 15.5. The van der Waals surface area contributed by atoms with Gasteiger partial charge in [-0.05, 0) is 0 Å². The summed E-state index contributed by atoms with van der Waals surface area (Å²) in [6.07, 6.45) is -75.0. The molecule has 0 spiro atoms. The fraction of sp³-hybridized carbons (Fsp3) is 0.977. The Morgan fingerprint density at radius 2 is 0.893 bits per heavy atom. The molecule has 34 atom stereocenters. The van der Waals surface area contributed by atoms with E-state index >= 15 is 0 Å². The predicted molar refractivity (Wildman–Crippen MR) is 252 cm³/mol. The molecule has 0 aromatic heterocycles. The molecule has 0 amide bonds. The highest BCUT2D eigenvalue weighted by Crippen LogP contribution is 2.49. The molecule has 41 heteroatoms. The number of rotatable bonds is 26. The molecule has 6 aliphatic rings. The molecule has 6 saturated heterocycles. The van der Waals surface area contributed by atoms with Crippen LogP contribution in [0.15, 0.2) is 0 Å². The van der Waals surface area contributed by atoms with Crippen molar-refractivity contribution in [1.29, 1.82) is 0 Å². The molecule has 6 rings (SSSR count). The van der Waals surface area contributed by atoms with E-state index in [-0.39, 0.29) is 0 Å². The van der Waals surface area contributed by atoms with Gasteiger partial charge in [-0.2, -0.15) is 0 Å². The number of carboxylic acids is 1. The van der Waals surface area contributed by atoms with Crippen LogP contribution in [0.4, 0.5) is 0 Å². The SMILES string of the molecule is NCCOP(=O)(O)O[C@@H]1C[C@](O)(C(=O)O)O[C@H]([C@H](O)CO)[C@@H]1O[C@H]1O[C@H]([C@@H](O)CO)[C@@H](O[C@@H]2O[C@H](CO)[C@@H](O[C@@H]3O[C@H](CO)[C@H](O)[C@H](O)[C@H]3O)[C@H](O)[C@H]2O)[C@H](O[C@H]2O[C@H]([C@@H](O)CO)[C@@H](O)[C@H](O)[C@@H]2O[C@H]2O[C@H]([C@@H](O)CO)[C@@H](O)[C@H](O)[C@@H]2O)[C@@H]1O. The van der Waals surface area contributed by atoms with E-state index < -0.39 is 275 Å². The van der Waals surface area contributed by atoms with E-state index in [1.54, 1.807) is 0 Å². The van der Waals surface area contributed by atoms with E-state index in [0.717, 1.165) is 0 Å². The average Bonchev–Trinajstić information content (AvgIpc) is 2.68. The Hall–Kier alpha value is -1.78. The topological polar surface area (TPSA) is 666 Å². The van der Waals surface area contributed by atoms with Crippen molar-refractivity contribution in [2.45, 2.75) is 208 Å². The zero-order valence-electron chi connectivity index (χ0n) is 43.7. The summed E-state index contributed by atoms with van der Waals surface area (Å²) in [6, 6.07) is 0. The number of ether oxygens (including phenoxy) is 11. The van der Waals surface area contributed by atoms with Gasteiger partial charge in [0, 0.05) is 13.0 Å². The molecule has 0 radical (unpaired) electrons. The Morgan fingerprint density at radius 1 is 0.488 bits per heavy atom. The maximum absolute atomic E-state index is 13.2. The van der Waals surface area contributed by atoms with Crippen LogP contribution in [0, 0.1) is 0 Å². The Bertz CT molecular complexity index is 2080. The molecule has 492 valence electrons. The van der Waals surface area contributed by atoms with Gasteiger partial charge in [0.15, 0.2) is 31.5 Å². The van der Waals surface area contributed by atoms with Crippen LogP contribution in [0.25, 0.3) is 0 Å². The van der Waals surface area contributed by atoms with E-state index in [9.17, 15) is 132 Å². The van der Waals surface area contributed by atoms with Crippen molar-refractivity contribution in [3.8, 4) is 0 Å². The van der Waals surface area contributed by atoms with Crippen LogP contribution in [0.3, 0.4) is 0 Å². The predicted octanol–water partition coefficient (Wildman–Crippen LogP) is -16.1. The van der Waals surface area contributed by atoms with Gasteiger partial charge in [-0.3, -0.25) is 9.05 Å². The minimum atomic E-state index is -5.47. The molecular formula is C43H76NO39P. The number of phosphoric ester groups is 1. The molecule has 0 aliphatic carbocycles. The zero-order valence-corrected chi connectivity index (χ0v) is 44.6. The average molecular weight is 1260 g/mol. The van der Waals surface area contributed by atoms with E-state index in [0.29, 0.717) is 0 Å². The van der Waals surface area contributed by atoms with Crippen molar-refractivity contribution in [1.82, 2.24) is 0 Å². The number of aliphatic hydroxyl groups is 22. The second kappa shape index (κ2) is 30.4. The number of hydrogen-bond acceptors (Lipinski definition) is 38. The number of phosphoric acid groups is 1. The number of carbonyl (C=O) groups is 1. The zero-order chi connectivity index (χ0) is 62.6. The van der Waals surface area contributed by atoms with Crippen molar-refractivity contribution in [3.05, 3.63) is 0 Å². The summed E-state index contributed by atoms with van der Waals surface area (Å²) in [7, 11) is -5.47. The first kappa shape index (κ1) is 71.3. The van der Waals surface area contributed by atoms with Crippen LogP contribution in [0.2, 0.25) is 0 Å². The third-order valence-electron chi connectivity index (χ3n) is 14.6. The summed E-state index contributed by atoms with van der Waals surface area (Å²) in [4.78, 5) is 23.0. The van der Waals surface area contributed by atoms with E-state index in [1.165, 1.54) is 0 Å². The van der Waals surface area contributed by atoms with Gasteiger partial charge in [0.05, 0.1) is 46.2 Å². The van der Waals surface area contributed by atoms with Gasteiger partial charge in [-0.25, -0.2) is 9.36 Å². The lowest BCUT2D eigenvalue weighted by Crippen LogP contribution is -2.71. The van der Waals surface area contributed by atoms with Crippen LogP contribution in [0.1, 0.15) is 6.42 Å². The van der Waals surface area contributed by atoms with Crippen LogP contribution < -0.4 is 5.73 Å². The molecule has 6 fully saturated rings. The number of aliphatic hydroxyl groups excluding tert-OH is 21. The van der Waals surface area contributed by atoms with Crippen LogP contribution in [-0.4, -0.2) is 383 Å². The molecule has 84 heavy (non-hydrogen) atoms. The lowest BCUT2D eigenvalue weighted by molar-refractivity contribution is -0.416. The lowest BCUT2D eigenvalue weighted by atomic mass is 9.91. The normalized spacial score (nSPS) is 47.3. The van der Waals surface area contributed by atoms with Crippen molar-refractivity contribution in [3.63, 3.8) is 0 Å². The fourth-order valence-corrected chi connectivity index (χ4v) is 11.0. The van der Waals surface area contributed by atoms with Gasteiger partial charge in [-0.1, -0.05) is 0 Å². The van der Waals surface area contributed by atoms with E-state index in [4.69, 9.17) is 66.9 Å². The summed E-state index contributed by atoms with van der Waals surface area (Å²) in [6.45, 7) is -8.52. The molecule has 0 aromatic rings. The summed E-state index contributed by atoms with van der Waals surface area (Å²) in [5, 5.41) is 248. The highest BCUT2D eigenvalue weighted by molar-refractivity contribution is 7.47. The molecular weight excluding hydrogens is 1190 g/mol. The van der Waals surface area contributed by atoms with Gasteiger partial charge in [0.2, 0.25) is 0 Å². The minimum absolute atomic E-state index is 0.425. The van der Waals surface area contributed by atoms with Crippen molar-refractivity contribution in [2.75, 3.05) is 52.8 Å². The Labute approximate surface area is 473 Å². The quantitative estimate of drug-likeness (QED) is 0.0358. The van der Waals surface area contributed by atoms with Crippen molar-refractivity contribution < 1.29 is 193 Å². The van der Waals surface area contributed by atoms with Crippen LogP contribution >= 0.6 is 7.82 Å². The number of hydrogen-bond donors (Lipinski definition) is 25. The van der Waals surface area contributed by atoms with E-state index in [2.05, 4.69) is 0 Å². The van der Waals surface area contributed by atoms with Gasteiger partial charge in [-0.15, -0.1) is 0 Å². The summed E-state index contributed by atoms with van der Waals surface area (Å²) in [5.41, 5.74) is 5.38. The summed E-state index contributed by atoms with van der Waals surface area (Å²) < 4.78 is 86.1. The Balaban J connectivity index is 1.46. The fourth-order valence-electron chi connectivity index (χ4n) is 10.0. The Kier molecular flexibility index (Phi) is 25.8. The van der Waals surface area contributed by atoms with E-state index in [1.807, 2.05) is 0 Å². The number of carboxylic acid groups (broad SMARTS) is 1. The lowest BCUT2D eigenvalue weighted by Gasteiger charge is -2.52. The first-order valence-electron chi connectivity index (χ1n) is 25.9. The largest absolute Gasteiger partial charge is 0.477 e. The Morgan fingerprint density at radius 3 is 1.43 bits per heavy atom. The highest BCUT2D eigenvalue weighted by Gasteiger charge is 2.62. The number of aliphatic carboxylic acids is 1. The van der Waals surface area contributed by atoms with Gasteiger partial charge in [0.1, 0.15) is 165 Å².